The normalized spacial score (nSPS) is 22.2. The van der Waals surface area contributed by atoms with Gasteiger partial charge in [-0.1, -0.05) is 18.0 Å². The molecular formula is C15H17FN2O3. The molecule has 1 saturated carbocycles. The van der Waals surface area contributed by atoms with E-state index < -0.39 is 11.9 Å². The fraction of sp³-hybridized carbons (Fsp3) is 0.467. The summed E-state index contributed by atoms with van der Waals surface area (Å²) in [5.74, 6) is 0.410. The second kappa shape index (κ2) is 5.81. The van der Waals surface area contributed by atoms with Gasteiger partial charge in [-0.3, -0.25) is 0 Å². The topological polar surface area (TPSA) is 68.4 Å². The van der Waals surface area contributed by atoms with Crippen molar-refractivity contribution in [3.05, 3.63) is 29.9 Å². The first kappa shape index (κ1) is 14.0. The summed E-state index contributed by atoms with van der Waals surface area (Å²) < 4.78 is 23.6. The van der Waals surface area contributed by atoms with Gasteiger partial charge in [-0.15, -0.1) is 0 Å². The molecule has 0 aliphatic heterocycles. The zero-order valence-corrected chi connectivity index (χ0v) is 11.8. The van der Waals surface area contributed by atoms with Crippen molar-refractivity contribution in [2.24, 2.45) is 0 Å². The van der Waals surface area contributed by atoms with Crippen LogP contribution in [0.3, 0.4) is 0 Å². The van der Waals surface area contributed by atoms with Gasteiger partial charge in [0.1, 0.15) is 0 Å². The van der Waals surface area contributed by atoms with Crippen molar-refractivity contribution in [2.45, 2.75) is 37.7 Å². The Morgan fingerprint density at radius 1 is 1.33 bits per heavy atom. The quantitative estimate of drug-likeness (QED) is 0.942. The lowest BCUT2D eigenvalue weighted by Crippen LogP contribution is -2.22. The van der Waals surface area contributed by atoms with E-state index in [0.717, 1.165) is 25.7 Å². The smallest absolute Gasteiger partial charge is 0.232 e. The van der Waals surface area contributed by atoms with E-state index >= 15 is 0 Å². The average Bonchev–Trinajstić information content (AvgIpc) is 2.98. The number of ether oxygens (including phenoxy) is 1. The van der Waals surface area contributed by atoms with Crippen LogP contribution in [0.1, 0.15) is 37.5 Å². The van der Waals surface area contributed by atoms with Crippen molar-refractivity contribution in [1.29, 1.82) is 0 Å². The highest BCUT2D eigenvalue weighted by Crippen LogP contribution is 2.33. The minimum absolute atomic E-state index is 0.109. The maximum atomic E-state index is 13.4. The van der Waals surface area contributed by atoms with E-state index in [1.807, 2.05) is 0 Å². The molecule has 0 bridgehead atoms. The molecule has 5 nitrogen and oxygen atoms in total. The Morgan fingerprint density at radius 2 is 2.14 bits per heavy atom. The Labute approximate surface area is 121 Å². The van der Waals surface area contributed by atoms with E-state index in [2.05, 4.69) is 10.1 Å². The molecular weight excluding hydrogens is 275 g/mol. The molecule has 1 heterocycles. The van der Waals surface area contributed by atoms with E-state index in [1.54, 1.807) is 6.07 Å². The van der Waals surface area contributed by atoms with E-state index in [9.17, 15) is 9.50 Å². The van der Waals surface area contributed by atoms with Gasteiger partial charge >= 0.3 is 0 Å². The Kier molecular flexibility index (Phi) is 3.88. The molecule has 1 aliphatic carbocycles. The Hall–Kier alpha value is -1.95. The molecule has 2 aromatic rings. The van der Waals surface area contributed by atoms with Crippen LogP contribution in [0.2, 0.25) is 0 Å². The SMILES string of the molecule is COc1cc(-c2noc(C3CCCCC3O)n2)ccc1F. The highest BCUT2D eigenvalue weighted by molar-refractivity contribution is 5.57. The third-order valence-corrected chi connectivity index (χ3v) is 3.90. The number of aromatic nitrogens is 2. The van der Waals surface area contributed by atoms with Gasteiger partial charge < -0.3 is 14.4 Å². The van der Waals surface area contributed by atoms with E-state index in [1.165, 1.54) is 19.2 Å². The molecule has 1 aromatic carbocycles. The summed E-state index contributed by atoms with van der Waals surface area (Å²) in [6, 6.07) is 4.41. The summed E-state index contributed by atoms with van der Waals surface area (Å²) in [6.45, 7) is 0. The second-order valence-electron chi connectivity index (χ2n) is 5.26. The minimum atomic E-state index is -0.437. The number of methoxy groups -OCH3 is 1. The van der Waals surface area contributed by atoms with Crippen molar-refractivity contribution in [2.75, 3.05) is 7.11 Å². The summed E-state index contributed by atoms with van der Waals surface area (Å²) in [5.41, 5.74) is 0.619. The predicted molar refractivity (Wildman–Crippen MR) is 73.5 cm³/mol. The van der Waals surface area contributed by atoms with E-state index in [0.29, 0.717) is 17.3 Å². The maximum absolute atomic E-state index is 13.4. The number of hydrogen-bond acceptors (Lipinski definition) is 5. The van der Waals surface area contributed by atoms with Gasteiger partial charge in [0, 0.05) is 5.56 Å². The van der Waals surface area contributed by atoms with Crippen molar-refractivity contribution in [3.8, 4) is 17.1 Å². The first-order valence-corrected chi connectivity index (χ1v) is 7.04. The van der Waals surface area contributed by atoms with Crippen LogP contribution in [-0.2, 0) is 0 Å². The van der Waals surface area contributed by atoms with Crippen LogP contribution < -0.4 is 4.74 Å². The number of hydrogen-bond donors (Lipinski definition) is 1. The Balaban J connectivity index is 1.87. The highest BCUT2D eigenvalue weighted by atomic mass is 19.1. The molecule has 0 spiro atoms. The molecule has 1 N–H and O–H groups in total. The lowest BCUT2D eigenvalue weighted by atomic mass is 9.86. The van der Waals surface area contributed by atoms with Crippen LogP contribution in [0.25, 0.3) is 11.4 Å². The van der Waals surface area contributed by atoms with Gasteiger partial charge in [-0.25, -0.2) is 4.39 Å². The first-order chi connectivity index (χ1) is 10.2. The fourth-order valence-corrected chi connectivity index (χ4v) is 2.70. The number of halogens is 1. The Bertz CT molecular complexity index is 629. The van der Waals surface area contributed by atoms with E-state index in [4.69, 9.17) is 9.26 Å². The standard InChI is InChI=1S/C15H17FN2O3/c1-20-13-8-9(6-7-11(13)16)14-17-15(21-18-14)10-4-2-3-5-12(10)19/h6-8,10,12,19H,2-5H2,1H3. The summed E-state index contributed by atoms with van der Waals surface area (Å²) in [4.78, 5) is 4.34. The van der Waals surface area contributed by atoms with E-state index in [-0.39, 0.29) is 11.7 Å². The molecule has 3 rings (SSSR count). The number of nitrogens with zero attached hydrogens (tertiary/aromatic N) is 2. The van der Waals surface area contributed by atoms with Gasteiger partial charge in [-0.05, 0) is 31.0 Å². The highest BCUT2D eigenvalue weighted by Gasteiger charge is 2.29. The second-order valence-corrected chi connectivity index (χ2v) is 5.26. The fourth-order valence-electron chi connectivity index (χ4n) is 2.70. The summed E-state index contributed by atoms with van der Waals surface area (Å²) in [6.07, 6.45) is 3.23. The largest absolute Gasteiger partial charge is 0.494 e. The zero-order chi connectivity index (χ0) is 14.8. The van der Waals surface area contributed by atoms with Gasteiger partial charge in [-0.2, -0.15) is 4.98 Å². The monoisotopic (exact) mass is 292 g/mol. The average molecular weight is 292 g/mol. The summed E-state index contributed by atoms with van der Waals surface area (Å²) in [7, 11) is 1.40. The lowest BCUT2D eigenvalue weighted by Gasteiger charge is -2.24. The van der Waals surface area contributed by atoms with Gasteiger partial charge in [0.2, 0.25) is 11.7 Å². The number of aliphatic hydroxyl groups is 1. The third-order valence-electron chi connectivity index (χ3n) is 3.90. The number of aliphatic hydroxyl groups excluding tert-OH is 1. The van der Waals surface area contributed by atoms with Crippen molar-refractivity contribution >= 4 is 0 Å². The molecule has 21 heavy (non-hydrogen) atoms. The van der Waals surface area contributed by atoms with Crippen LogP contribution in [-0.4, -0.2) is 28.5 Å². The molecule has 1 aliphatic rings. The molecule has 0 radical (unpaired) electrons. The van der Waals surface area contributed by atoms with Crippen LogP contribution >= 0.6 is 0 Å². The van der Waals surface area contributed by atoms with Gasteiger partial charge in [0.15, 0.2) is 11.6 Å². The molecule has 1 aromatic heterocycles. The van der Waals surface area contributed by atoms with Crippen LogP contribution in [0.15, 0.2) is 22.7 Å². The van der Waals surface area contributed by atoms with Crippen LogP contribution in [0, 0.1) is 5.82 Å². The van der Waals surface area contributed by atoms with Gasteiger partial charge in [0.05, 0.1) is 19.1 Å². The summed E-state index contributed by atoms with van der Waals surface area (Å²) in [5, 5.41) is 13.9. The van der Waals surface area contributed by atoms with Crippen molar-refractivity contribution in [1.82, 2.24) is 10.1 Å². The third kappa shape index (κ3) is 2.76. The zero-order valence-electron chi connectivity index (χ0n) is 11.8. The lowest BCUT2D eigenvalue weighted by molar-refractivity contribution is 0.0908. The van der Waals surface area contributed by atoms with Crippen molar-refractivity contribution in [3.63, 3.8) is 0 Å². The van der Waals surface area contributed by atoms with Crippen LogP contribution in [0.5, 0.6) is 5.75 Å². The molecule has 0 saturated heterocycles. The molecule has 112 valence electrons. The molecule has 2 atom stereocenters. The number of rotatable bonds is 3. The minimum Gasteiger partial charge on any atom is -0.494 e. The van der Waals surface area contributed by atoms with Crippen molar-refractivity contribution < 1.29 is 18.8 Å². The molecule has 2 unspecified atom stereocenters. The van der Waals surface area contributed by atoms with Crippen LogP contribution in [0.4, 0.5) is 4.39 Å². The molecule has 1 fully saturated rings. The maximum Gasteiger partial charge on any atom is 0.232 e. The Morgan fingerprint density at radius 3 is 2.90 bits per heavy atom. The summed E-state index contributed by atoms with van der Waals surface area (Å²) >= 11 is 0. The molecule has 0 amide bonds. The predicted octanol–water partition coefficient (Wildman–Crippen LogP) is 2.90. The van der Waals surface area contributed by atoms with Gasteiger partial charge in [0.25, 0.3) is 0 Å². The number of benzene rings is 1. The first-order valence-electron chi connectivity index (χ1n) is 7.04. The molecule has 6 heteroatoms.